The van der Waals surface area contributed by atoms with E-state index >= 15 is 0 Å². The molecule has 0 fully saturated rings. The average Bonchev–Trinajstić information content (AvgIpc) is 2.54. The third-order valence-electron chi connectivity index (χ3n) is 2.92. The molecule has 1 heterocycles. The van der Waals surface area contributed by atoms with Crippen molar-refractivity contribution in [3.8, 4) is 11.5 Å². The second kappa shape index (κ2) is 7.83. The number of halogens is 1. The van der Waals surface area contributed by atoms with Crippen molar-refractivity contribution in [2.45, 2.75) is 6.54 Å². The average molecular weight is 412 g/mol. The van der Waals surface area contributed by atoms with Gasteiger partial charge in [-0.25, -0.2) is 9.98 Å². The van der Waals surface area contributed by atoms with Crippen LogP contribution in [0.15, 0.2) is 41.5 Å². The first-order chi connectivity index (χ1) is 10.6. The molecular formula is C15H17IN4O2. The third-order valence-corrected chi connectivity index (χ3v) is 3.56. The minimum atomic E-state index is 0.279. The Balaban J connectivity index is 2.12. The molecule has 0 radical (unpaired) electrons. The molecule has 2 aromatic rings. The highest BCUT2D eigenvalue weighted by atomic mass is 127. The Morgan fingerprint density at radius 1 is 1.23 bits per heavy atom. The number of ether oxygens (including phenoxy) is 2. The number of rotatable bonds is 5. The van der Waals surface area contributed by atoms with E-state index in [9.17, 15) is 0 Å². The van der Waals surface area contributed by atoms with Crippen LogP contribution in [-0.4, -0.2) is 25.2 Å². The molecule has 2 rings (SSSR count). The van der Waals surface area contributed by atoms with Gasteiger partial charge in [0.2, 0.25) is 0 Å². The first kappa shape index (κ1) is 16.3. The van der Waals surface area contributed by atoms with E-state index in [1.54, 1.807) is 20.4 Å². The van der Waals surface area contributed by atoms with Gasteiger partial charge in [-0.3, -0.25) is 0 Å². The number of guanidine groups is 1. The number of aromatic nitrogens is 1. The number of benzene rings is 1. The van der Waals surface area contributed by atoms with Crippen LogP contribution in [0.3, 0.4) is 0 Å². The molecule has 0 bridgehead atoms. The van der Waals surface area contributed by atoms with E-state index in [2.05, 4.69) is 37.9 Å². The van der Waals surface area contributed by atoms with Crippen LogP contribution >= 0.6 is 22.6 Å². The van der Waals surface area contributed by atoms with E-state index in [1.165, 1.54) is 0 Å². The highest BCUT2D eigenvalue weighted by Gasteiger charge is 2.09. The van der Waals surface area contributed by atoms with Crippen molar-refractivity contribution in [2.75, 3.05) is 19.5 Å². The van der Waals surface area contributed by atoms with E-state index in [4.69, 9.17) is 15.2 Å². The van der Waals surface area contributed by atoms with Crippen LogP contribution in [0.5, 0.6) is 11.5 Å². The van der Waals surface area contributed by atoms with Crippen molar-refractivity contribution in [2.24, 2.45) is 10.7 Å². The lowest BCUT2D eigenvalue weighted by Gasteiger charge is -2.11. The van der Waals surface area contributed by atoms with Crippen molar-refractivity contribution in [3.05, 3.63) is 45.7 Å². The summed E-state index contributed by atoms with van der Waals surface area (Å²) in [6.07, 6.45) is 1.75. The fourth-order valence-electron chi connectivity index (χ4n) is 1.87. The number of nitrogens with zero attached hydrogens (tertiary/aromatic N) is 2. The topological polar surface area (TPSA) is 81.8 Å². The zero-order valence-corrected chi connectivity index (χ0v) is 14.5. The minimum Gasteiger partial charge on any atom is -0.496 e. The molecular weight excluding hydrogens is 395 g/mol. The second-order valence-electron chi connectivity index (χ2n) is 4.33. The molecule has 0 saturated heterocycles. The molecule has 0 spiro atoms. The zero-order valence-electron chi connectivity index (χ0n) is 12.3. The van der Waals surface area contributed by atoms with Gasteiger partial charge >= 0.3 is 0 Å². The van der Waals surface area contributed by atoms with Crippen LogP contribution in [0.2, 0.25) is 0 Å². The number of nitrogens with one attached hydrogen (secondary N) is 1. The fourth-order valence-corrected chi connectivity index (χ4v) is 2.19. The minimum absolute atomic E-state index is 0.279. The Morgan fingerprint density at radius 3 is 2.45 bits per heavy atom. The summed E-state index contributed by atoms with van der Waals surface area (Å²) in [6.45, 7) is 0.344. The number of aliphatic imine (C=N–C) groups is 1. The van der Waals surface area contributed by atoms with E-state index < -0.39 is 0 Å². The Hall–Kier alpha value is -2.03. The van der Waals surface area contributed by atoms with Crippen LogP contribution in [-0.2, 0) is 6.54 Å². The van der Waals surface area contributed by atoms with E-state index in [1.807, 2.05) is 30.3 Å². The third kappa shape index (κ3) is 4.23. The van der Waals surface area contributed by atoms with Crippen LogP contribution in [0.1, 0.15) is 5.56 Å². The molecule has 6 nitrogen and oxygen atoms in total. The summed E-state index contributed by atoms with van der Waals surface area (Å²) in [5.74, 6) is 2.35. The van der Waals surface area contributed by atoms with E-state index in [-0.39, 0.29) is 5.96 Å². The van der Waals surface area contributed by atoms with Gasteiger partial charge < -0.3 is 20.5 Å². The summed E-state index contributed by atoms with van der Waals surface area (Å²) in [7, 11) is 3.22. The molecule has 116 valence electrons. The Kier molecular flexibility index (Phi) is 5.82. The molecule has 3 N–H and O–H groups in total. The molecule has 0 aliphatic heterocycles. The number of nitrogens with two attached hydrogens (primary N) is 1. The molecule has 0 aliphatic carbocycles. The summed E-state index contributed by atoms with van der Waals surface area (Å²) < 4.78 is 11.7. The fraction of sp³-hybridized carbons (Fsp3) is 0.200. The summed E-state index contributed by atoms with van der Waals surface area (Å²) in [4.78, 5) is 8.52. The standard InChI is InChI=1S/C15H17IN4O2/c1-21-12-4-3-5-13(22-2)11(12)9-19-15(17)20-14-7-6-10(16)8-18-14/h3-8H,9H2,1-2H3,(H3,17,18,19,20). The molecule has 0 aliphatic rings. The monoisotopic (exact) mass is 412 g/mol. The van der Waals surface area contributed by atoms with Crippen LogP contribution < -0.4 is 20.5 Å². The molecule has 1 aromatic heterocycles. The molecule has 0 unspecified atom stereocenters. The highest BCUT2D eigenvalue weighted by molar-refractivity contribution is 14.1. The van der Waals surface area contributed by atoms with Gasteiger partial charge in [0.15, 0.2) is 5.96 Å². The molecule has 7 heteroatoms. The number of pyridine rings is 1. The molecule has 0 atom stereocenters. The van der Waals surface area contributed by atoms with Crippen molar-refractivity contribution in [1.29, 1.82) is 0 Å². The van der Waals surface area contributed by atoms with Gasteiger partial charge in [0.05, 0.1) is 26.3 Å². The van der Waals surface area contributed by atoms with Gasteiger partial charge in [-0.2, -0.15) is 0 Å². The predicted molar refractivity (Wildman–Crippen MR) is 95.4 cm³/mol. The van der Waals surface area contributed by atoms with E-state index in [0.29, 0.717) is 23.9 Å². The Morgan fingerprint density at radius 2 is 1.91 bits per heavy atom. The van der Waals surface area contributed by atoms with Crippen molar-refractivity contribution in [3.63, 3.8) is 0 Å². The summed E-state index contributed by atoms with van der Waals surface area (Å²) in [5, 5.41) is 2.95. The second-order valence-corrected chi connectivity index (χ2v) is 5.57. The first-order valence-corrected chi connectivity index (χ1v) is 7.60. The SMILES string of the molecule is COc1cccc(OC)c1CN=C(N)Nc1ccc(I)cn1. The molecule has 1 aromatic carbocycles. The normalized spacial score (nSPS) is 11.1. The van der Waals surface area contributed by atoms with Crippen LogP contribution in [0, 0.1) is 3.57 Å². The maximum absolute atomic E-state index is 5.89. The predicted octanol–water partition coefficient (Wildman–Crippen LogP) is 2.63. The highest BCUT2D eigenvalue weighted by Crippen LogP contribution is 2.28. The Labute approximate surface area is 142 Å². The summed E-state index contributed by atoms with van der Waals surface area (Å²) in [5.41, 5.74) is 6.73. The number of anilines is 1. The van der Waals surface area contributed by atoms with Gasteiger partial charge in [-0.1, -0.05) is 6.07 Å². The van der Waals surface area contributed by atoms with Gasteiger partial charge in [-0.15, -0.1) is 0 Å². The van der Waals surface area contributed by atoms with Crippen molar-refractivity contribution >= 4 is 34.4 Å². The maximum atomic E-state index is 5.89. The van der Waals surface area contributed by atoms with Gasteiger partial charge in [0, 0.05) is 9.77 Å². The zero-order chi connectivity index (χ0) is 15.9. The van der Waals surface area contributed by atoms with E-state index in [0.717, 1.165) is 9.13 Å². The molecule has 0 saturated carbocycles. The van der Waals surface area contributed by atoms with Gasteiger partial charge in [0.25, 0.3) is 0 Å². The van der Waals surface area contributed by atoms with Gasteiger partial charge in [-0.05, 0) is 46.9 Å². The number of hydrogen-bond acceptors (Lipinski definition) is 4. The molecule has 0 amide bonds. The first-order valence-electron chi connectivity index (χ1n) is 6.52. The number of methoxy groups -OCH3 is 2. The molecule has 22 heavy (non-hydrogen) atoms. The quantitative estimate of drug-likeness (QED) is 0.448. The Bertz CT molecular complexity index is 637. The van der Waals surface area contributed by atoms with Crippen molar-refractivity contribution < 1.29 is 9.47 Å². The van der Waals surface area contributed by atoms with Crippen LogP contribution in [0.4, 0.5) is 5.82 Å². The van der Waals surface area contributed by atoms with Crippen LogP contribution in [0.25, 0.3) is 0 Å². The van der Waals surface area contributed by atoms with Crippen molar-refractivity contribution in [1.82, 2.24) is 4.98 Å². The largest absolute Gasteiger partial charge is 0.496 e. The summed E-state index contributed by atoms with van der Waals surface area (Å²) >= 11 is 2.19. The smallest absolute Gasteiger partial charge is 0.194 e. The summed E-state index contributed by atoms with van der Waals surface area (Å²) in [6, 6.07) is 9.36. The maximum Gasteiger partial charge on any atom is 0.194 e. The lowest BCUT2D eigenvalue weighted by Crippen LogP contribution is -2.23. The number of hydrogen-bond donors (Lipinski definition) is 2. The lowest BCUT2D eigenvalue weighted by molar-refractivity contribution is 0.385. The van der Waals surface area contributed by atoms with Gasteiger partial charge in [0.1, 0.15) is 17.3 Å². The lowest BCUT2D eigenvalue weighted by atomic mass is 10.2.